The molecular formula is C36H43F3N9O+. The summed E-state index contributed by atoms with van der Waals surface area (Å²) in [4.78, 5) is 30.1. The number of hydrogen-bond acceptors (Lipinski definition) is 8. The number of para-hydroxylation sites is 1. The number of alkyl halides is 3. The predicted molar refractivity (Wildman–Crippen MR) is 187 cm³/mol. The van der Waals surface area contributed by atoms with Crippen LogP contribution in [0, 0.1) is 0 Å². The highest BCUT2D eigenvalue weighted by Crippen LogP contribution is 2.28. The minimum Gasteiger partial charge on any atom is -0.385 e. The van der Waals surface area contributed by atoms with Gasteiger partial charge in [0.1, 0.15) is 5.56 Å². The lowest BCUT2D eigenvalue weighted by Gasteiger charge is -2.36. The first kappa shape index (κ1) is 35.3. The van der Waals surface area contributed by atoms with Crippen LogP contribution in [0.25, 0.3) is 0 Å². The summed E-state index contributed by atoms with van der Waals surface area (Å²) in [7, 11) is 0. The topological polar surface area (TPSA) is 115 Å². The van der Waals surface area contributed by atoms with Crippen molar-refractivity contribution >= 4 is 40.6 Å². The van der Waals surface area contributed by atoms with Gasteiger partial charge in [-0.2, -0.15) is 23.1 Å². The molecule has 2 aromatic heterocycles. The van der Waals surface area contributed by atoms with Crippen LogP contribution >= 0.6 is 0 Å². The Bertz CT molecular complexity index is 1640. The Kier molecular flexibility index (Phi) is 12.5. The van der Waals surface area contributed by atoms with Gasteiger partial charge in [-0.25, -0.2) is 10.3 Å². The summed E-state index contributed by atoms with van der Waals surface area (Å²) in [6.07, 6.45) is 3.11. The zero-order valence-electron chi connectivity index (χ0n) is 27.4. The molecule has 0 saturated carbocycles. The number of pyridine rings is 1. The van der Waals surface area contributed by atoms with Gasteiger partial charge < -0.3 is 20.9 Å². The fourth-order valence-corrected chi connectivity index (χ4v) is 5.55. The molecule has 1 fully saturated rings. The van der Waals surface area contributed by atoms with Crippen molar-refractivity contribution in [3.05, 3.63) is 103 Å². The van der Waals surface area contributed by atoms with Crippen molar-refractivity contribution in [3.63, 3.8) is 0 Å². The van der Waals surface area contributed by atoms with E-state index in [1.54, 1.807) is 0 Å². The molecule has 13 heteroatoms. The van der Waals surface area contributed by atoms with E-state index < -0.39 is 17.8 Å². The smallest absolute Gasteiger partial charge is 0.385 e. The molecule has 0 bridgehead atoms. The van der Waals surface area contributed by atoms with Crippen molar-refractivity contribution in [2.24, 2.45) is 0 Å². The molecule has 1 saturated heterocycles. The highest BCUT2D eigenvalue weighted by molar-refractivity contribution is 5.97. The maximum absolute atomic E-state index is 13.3. The van der Waals surface area contributed by atoms with Crippen LogP contribution in [0.5, 0.6) is 0 Å². The Morgan fingerprint density at radius 3 is 2.37 bits per heavy atom. The standard InChI is InChI=1S/C36H42F3N9O/c1-2-19-41-34(49)30-26-42-35(46-33(30)45-32-14-10-13-31(44-32)36(37,38)39)43-28-15-17-29(18-16-28)48-24-22-47(23-25-48)21-9-4-3-8-20-40-27-11-6-5-7-12-27/h2,5-7,10-18,26,40H,1,3-4,8-9,19-25H2,(H,41,49)(H2,42,43,44,45,46)/p+1. The van der Waals surface area contributed by atoms with Gasteiger partial charge in [0, 0.05) is 62.4 Å². The molecule has 5 N–H and O–H groups in total. The van der Waals surface area contributed by atoms with Crippen LogP contribution in [0.4, 0.5) is 47.8 Å². The monoisotopic (exact) mass is 674 g/mol. The molecule has 49 heavy (non-hydrogen) atoms. The van der Waals surface area contributed by atoms with Crippen LogP contribution in [0.1, 0.15) is 41.7 Å². The number of piperazine rings is 1. The van der Waals surface area contributed by atoms with Crippen molar-refractivity contribution in [2.45, 2.75) is 31.9 Å². The molecule has 0 spiro atoms. The number of nitrogens with zero attached hydrogens (tertiary/aromatic N) is 5. The number of nitrogens with one attached hydrogen (secondary N) is 3. The normalized spacial score (nSPS) is 13.6. The van der Waals surface area contributed by atoms with E-state index in [-0.39, 0.29) is 29.7 Å². The lowest BCUT2D eigenvalue weighted by Crippen LogP contribution is -2.73. The highest BCUT2D eigenvalue weighted by atomic mass is 19.4. The second-order valence-electron chi connectivity index (χ2n) is 11.8. The molecule has 0 atom stereocenters. The van der Waals surface area contributed by atoms with Gasteiger partial charge in [-0.05, 0) is 61.9 Å². The van der Waals surface area contributed by atoms with Gasteiger partial charge in [0.25, 0.3) is 5.91 Å². The third-order valence-electron chi connectivity index (χ3n) is 8.18. The van der Waals surface area contributed by atoms with Crippen LogP contribution in [0.3, 0.4) is 0 Å². The van der Waals surface area contributed by atoms with Gasteiger partial charge in [-0.15, -0.1) is 6.58 Å². The lowest BCUT2D eigenvalue weighted by molar-refractivity contribution is -0.487. The zero-order chi connectivity index (χ0) is 34.5. The Hall–Kier alpha value is -5.01. The summed E-state index contributed by atoms with van der Waals surface area (Å²) in [5.41, 5.74) is 2.09. The second kappa shape index (κ2) is 17.4. The molecule has 2 aromatic carbocycles. The number of benzene rings is 2. The number of quaternary nitrogens is 1. The van der Waals surface area contributed by atoms with Gasteiger partial charge in [-0.3, -0.25) is 9.69 Å². The third-order valence-corrected chi connectivity index (χ3v) is 8.18. The molecule has 1 aliphatic heterocycles. The molecule has 1 aliphatic rings. The number of nitrogens with two attached hydrogens (primary N) is 1. The number of hydrogen-bond donors (Lipinski definition) is 4. The Morgan fingerprint density at radius 1 is 0.878 bits per heavy atom. The molecule has 4 aromatic rings. The summed E-state index contributed by atoms with van der Waals surface area (Å²) in [5, 5.41) is 10.6. The summed E-state index contributed by atoms with van der Waals surface area (Å²) >= 11 is 0. The number of anilines is 4. The number of halogens is 3. The fraction of sp³-hybridized carbons (Fsp3) is 0.333. The second-order valence-corrected chi connectivity index (χ2v) is 11.8. The molecular weight excluding hydrogens is 631 g/mol. The number of carbonyl (C=O) groups is 1. The molecule has 0 radical (unpaired) electrons. The van der Waals surface area contributed by atoms with Crippen molar-refractivity contribution in [1.82, 2.24) is 25.2 Å². The van der Waals surface area contributed by atoms with Crippen molar-refractivity contribution in [2.75, 3.05) is 61.3 Å². The van der Waals surface area contributed by atoms with E-state index in [9.17, 15) is 18.0 Å². The molecule has 3 heterocycles. The Morgan fingerprint density at radius 2 is 1.63 bits per heavy atom. The first-order valence-corrected chi connectivity index (χ1v) is 16.6. The molecule has 10 nitrogen and oxygen atoms in total. The summed E-state index contributed by atoms with van der Waals surface area (Å²) in [5.74, 6) is -0.164. The van der Waals surface area contributed by atoms with Crippen LogP contribution < -0.4 is 26.2 Å². The average molecular weight is 675 g/mol. The first-order chi connectivity index (χ1) is 23.8. The lowest BCUT2D eigenvalue weighted by atomic mass is 10.1. The third kappa shape index (κ3) is 10.7. The number of amides is 1. The number of rotatable bonds is 16. The van der Waals surface area contributed by atoms with Crippen molar-refractivity contribution in [3.8, 4) is 0 Å². The van der Waals surface area contributed by atoms with E-state index in [1.165, 1.54) is 61.1 Å². The van der Waals surface area contributed by atoms with Gasteiger partial charge in [0.15, 0.2) is 5.69 Å². The molecule has 0 aliphatic carbocycles. The van der Waals surface area contributed by atoms with Gasteiger partial charge in [-0.1, -0.05) is 43.2 Å². The molecule has 0 unspecified atom stereocenters. The van der Waals surface area contributed by atoms with Crippen LogP contribution in [0.15, 0.2) is 91.6 Å². The number of aromatic nitrogens is 3. The van der Waals surface area contributed by atoms with Gasteiger partial charge >= 0.3 is 6.18 Å². The molecule has 5 rings (SSSR count). The van der Waals surface area contributed by atoms with Crippen molar-refractivity contribution in [1.29, 1.82) is 0 Å². The van der Waals surface area contributed by atoms with Crippen molar-refractivity contribution < 1.29 is 23.3 Å². The van der Waals surface area contributed by atoms with E-state index in [2.05, 4.69) is 59.4 Å². The van der Waals surface area contributed by atoms with Crippen LogP contribution in [-0.2, 0) is 6.18 Å². The maximum Gasteiger partial charge on any atom is 0.433 e. The van der Waals surface area contributed by atoms with E-state index >= 15 is 0 Å². The Labute approximate surface area is 284 Å². The largest absolute Gasteiger partial charge is 0.433 e. The maximum atomic E-state index is 13.3. The van der Waals surface area contributed by atoms with E-state index in [4.69, 9.17) is 0 Å². The molecule has 258 valence electrons. The SMILES string of the molecule is C=CCNC(=O)c1cnc(Nc2ccc(N3CCN(CCCCCCNc4ccccc4)CC3)cc2)nc1[NH2+]c1cccc(C(F)(F)F)n1. The average Bonchev–Trinajstić information content (AvgIpc) is 3.11. The minimum atomic E-state index is -4.60. The van der Waals surface area contributed by atoms with Crippen LogP contribution in [-0.4, -0.2) is 71.6 Å². The quantitative estimate of drug-likeness (QED) is 0.0863. The highest BCUT2D eigenvalue weighted by Gasteiger charge is 2.33. The van der Waals surface area contributed by atoms with E-state index in [0.29, 0.717) is 0 Å². The van der Waals surface area contributed by atoms with Gasteiger partial charge in [0.05, 0.1) is 6.20 Å². The summed E-state index contributed by atoms with van der Waals surface area (Å²) < 4.78 is 39.8. The summed E-state index contributed by atoms with van der Waals surface area (Å²) in [6.45, 7) is 9.88. The fourth-order valence-electron chi connectivity index (χ4n) is 5.55. The zero-order valence-corrected chi connectivity index (χ0v) is 27.4. The van der Waals surface area contributed by atoms with Gasteiger partial charge in [0.2, 0.25) is 17.6 Å². The predicted octanol–water partition coefficient (Wildman–Crippen LogP) is 5.87. The van der Waals surface area contributed by atoms with E-state index in [1.807, 2.05) is 42.5 Å². The first-order valence-electron chi connectivity index (χ1n) is 16.6. The Balaban J connectivity index is 1.11. The molecule has 1 amide bonds. The van der Waals surface area contributed by atoms with Crippen LogP contribution in [0.2, 0.25) is 0 Å². The number of carbonyl (C=O) groups excluding carboxylic acids is 1. The number of unbranched alkanes of at least 4 members (excludes halogenated alkanes) is 3. The van der Waals surface area contributed by atoms with E-state index in [0.717, 1.165) is 56.7 Å². The minimum absolute atomic E-state index is 0.00813. The summed E-state index contributed by atoms with van der Waals surface area (Å²) in [6, 6.07) is 21.8.